The largest absolute Gasteiger partial charge is 0.496 e. The van der Waals surface area contributed by atoms with Crippen LogP contribution in [-0.4, -0.2) is 25.8 Å². The maximum atomic E-state index is 12.0. The molecule has 0 aromatic heterocycles. The van der Waals surface area contributed by atoms with Crippen molar-refractivity contribution in [1.29, 1.82) is 0 Å². The molecule has 0 atom stereocenters. The van der Waals surface area contributed by atoms with Crippen molar-refractivity contribution < 1.29 is 14.3 Å². The molecule has 1 N–H and O–H groups in total. The zero-order valence-corrected chi connectivity index (χ0v) is 16.0. The second-order valence-electron chi connectivity index (χ2n) is 6.51. The maximum absolute atomic E-state index is 12.0. The first-order valence-corrected chi connectivity index (χ1v) is 8.60. The third kappa shape index (κ3) is 5.34. The molecule has 2 rings (SSSR count). The SMILES string of the molecule is COc1ccc(C=NNC(=O)COc2cc(C)ccc2C(C)C)cc1C. The highest BCUT2D eigenvalue weighted by molar-refractivity contribution is 5.83. The lowest BCUT2D eigenvalue weighted by Gasteiger charge is -2.14. The van der Waals surface area contributed by atoms with Crippen LogP contribution in [0.4, 0.5) is 0 Å². The van der Waals surface area contributed by atoms with Crippen molar-refractivity contribution in [2.24, 2.45) is 5.10 Å². The van der Waals surface area contributed by atoms with Gasteiger partial charge in [0.1, 0.15) is 11.5 Å². The van der Waals surface area contributed by atoms with Gasteiger partial charge in [-0.1, -0.05) is 26.0 Å². The third-order valence-electron chi connectivity index (χ3n) is 3.97. The number of benzene rings is 2. The third-order valence-corrected chi connectivity index (χ3v) is 3.97. The molecular weight excluding hydrogens is 328 g/mol. The standard InChI is InChI=1S/C21H26N2O3/c1-14(2)18-8-6-15(3)10-20(18)26-13-21(24)23-22-12-17-7-9-19(25-5)16(4)11-17/h6-12,14H,13H2,1-5H3,(H,23,24). The Morgan fingerprint density at radius 3 is 2.58 bits per heavy atom. The summed E-state index contributed by atoms with van der Waals surface area (Å²) in [5.74, 6) is 1.58. The quantitative estimate of drug-likeness (QED) is 0.605. The van der Waals surface area contributed by atoms with Gasteiger partial charge in [0, 0.05) is 0 Å². The zero-order chi connectivity index (χ0) is 19.1. The molecule has 26 heavy (non-hydrogen) atoms. The number of methoxy groups -OCH3 is 1. The minimum atomic E-state index is -0.303. The predicted octanol–water partition coefficient (Wildman–Crippen LogP) is 3.96. The monoisotopic (exact) mass is 354 g/mol. The summed E-state index contributed by atoms with van der Waals surface area (Å²) in [6.07, 6.45) is 1.59. The van der Waals surface area contributed by atoms with Crippen molar-refractivity contribution in [3.05, 3.63) is 58.7 Å². The number of carbonyl (C=O) groups excluding carboxylic acids is 1. The minimum absolute atomic E-state index is 0.0812. The average molecular weight is 354 g/mol. The molecule has 2 aromatic carbocycles. The van der Waals surface area contributed by atoms with E-state index in [1.165, 1.54) is 0 Å². The number of nitrogens with one attached hydrogen (secondary N) is 1. The Balaban J connectivity index is 1.91. The first kappa shape index (κ1) is 19.5. The van der Waals surface area contributed by atoms with Gasteiger partial charge in [-0.25, -0.2) is 5.43 Å². The lowest BCUT2D eigenvalue weighted by molar-refractivity contribution is -0.123. The molecule has 2 aromatic rings. The molecule has 0 bridgehead atoms. The minimum Gasteiger partial charge on any atom is -0.496 e. The van der Waals surface area contributed by atoms with Gasteiger partial charge in [-0.15, -0.1) is 0 Å². The molecule has 5 nitrogen and oxygen atoms in total. The van der Waals surface area contributed by atoms with Crippen LogP contribution < -0.4 is 14.9 Å². The molecule has 0 heterocycles. The number of amides is 1. The number of nitrogens with zero attached hydrogens (tertiary/aromatic N) is 1. The molecule has 5 heteroatoms. The molecular formula is C21H26N2O3. The van der Waals surface area contributed by atoms with E-state index in [9.17, 15) is 4.79 Å². The molecule has 0 fully saturated rings. The topological polar surface area (TPSA) is 59.9 Å². The van der Waals surface area contributed by atoms with Crippen LogP contribution >= 0.6 is 0 Å². The van der Waals surface area contributed by atoms with E-state index >= 15 is 0 Å². The van der Waals surface area contributed by atoms with Crippen LogP contribution in [0.5, 0.6) is 11.5 Å². The Kier molecular flexibility index (Phi) is 6.78. The molecule has 0 saturated heterocycles. The fraction of sp³-hybridized carbons (Fsp3) is 0.333. The van der Waals surface area contributed by atoms with E-state index in [1.807, 2.05) is 50.2 Å². The molecule has 0 unspecified atom stereocenters. The lowest BCUT2D eigenvalue weighted by atomic mass is 10.0. The van der Waals surface area contributed by atoms with Gasteiger partial charge in [0.15, 0.2) is 6.61 Å². The molecule has 0 saturated carbocycles. The Morgan fingerprint density at radius 2 is 1.92 bits per heavy atom. The van der Waals surface area contributed by atoms with Gasteiger partial charge in [0.2, 0.25) is 0 Å². The highest BCUT2D eigenvalue weighted by Crippen LogP contribution is 2.27. The van der Waals surface area contributed by atoms with Gasteiger partial charge in [-0.3, -0.25) is 4.79 Å². The summed E-state index contributed by atoms with van der Waals surface area (Å²) in [5, 5.41) is 3.98. The summed E-state index contributed by atoms with van der Waals surface area (Å²) in [5.41, 5.74) is 6.55. The number of hydrazone groups is 1. The van der Waals surface area contributed by atoms with Crippen molar-refractivity contribution in [1.82, 2.24) is 5.43 Å². The summed E-state index contributed by atoms with van der Waals surface area (Å²) in [6, 6.07) is 11.7. The maximum Gasteiger partial charge on any atom is 0.277 e. The Morgan fingerprint density at radius 1 is 1.15 bits per heavy atom. The highest BCUT2D eigenvalue weighted by atomic mass is 16.5. The highest BCUT2D eigenvalue weighted by Gasteiger charge is 2.10. The number of hydrogen-bond acceptors (Lipinski definition) is 4. The Labute approximate surface area is 155 Å². The second kappa shape index (κ2) is 9.04. The van der Waals surface area contributed by atoms with Crippen LogP contribution in [0, 0.1) is 13.8 Å². The fourth-order valence-electron chi connectivity index (χ4n) is 2.58. The summed E-state index contributed by atoms with van der Waals surface area (Å²) in [6.45, 7) is 8.06. The fourth-order valence-corrected chi connectivity index (χ4v) is 2.58. The van der Waals surface area contributed by atoms with E-state index in [2.05, 4.69) is 24.4 Å². The Bertz CT molecular complexity index is 798. The van der Waals surface area contributed by atoms with Gasteiger partial charge in [-0.05, 0) is 66.3 Å². The molecule has 0 aliphatic carbocycles. The molecule has 0 aliphatic rings. The lowest BCUT2D eigenvalue weighted by Crippen LogP contribution is -2.25. The van der Waals surface area contributed by atoms with Crippen LogP contribution in [0.3, 0.4) is 0 Å². The number of ether oxygens (including phenoxy) is 2. The molecule has 0 spiro atoms. The van der Waals surface area contributed by atoms with Gasteiger partial charge < -0.3 is 9.47 Å². The van der Waals surface area contributed by atoms with Crippen molar-refractivity contribution in [3.63, 3.8) is 0 Å². The molecule has 0 radical (unpaired) electrons. The van der Waals surface area contributed by atoms with Crippen LogP contribution in [0.2, 0.25) is 0 Å². The summed E-state index contributed by atoms with van der Waals surface area (Å²) in [4.78, 5) is 12.0. The summed E-state index contributed by atoms with van der Waals surface area (Å²) >= 11 is 0. The molecule has 0 aliphatic heterocycles. The number of hydrogen-bond donors (Lipinski definition) is 1. The zero-order valence-electron chi connectivity index (χ0n) is 16.0. The van der Waals surface area contributed by atoms with E-state index in [0.717, 1.165) is 33.8 Å². The number of aryl methyl sites for hydroxylation is 2. The van der Waals surface area contributed by atoms with Crippen molar-refractivity contribution >= 4 is 12.1 Å². The molecule has 138 valence electrons. The predicted molar refractivity (Wildman–Crippen MR) is 104 cm³/mol. The van der Waals surface area contributed by atoms with Crippen molar-refractivity contribution in [2.75, 3.05) is 13.7 Å². The van der Waals surface area contributed by atoms with Crippen molar-refractivity contribution in [2.45, 2.75) is 33.6 Å². The van der Waals surface area contributed by atoms with E-state index in [-0.39, 0.29) is 12.5 Å². The van der Waals surface area contributed by atoms with Gasteiger partial charge >= 0.3 is 0 Å². The smallest absolute Gasteiger partial charge is 0.277 e. The first-order valence-electron chi connectivity index (χ1n) is 8.60. The van der Waals surface area contributed by atoms with Gasteiger partial charge in [0.05, 0.1) is 13.3 Å². The number of carbonyl (C=O) groups is 1. The van der Waals surface area contributed by atoms with E-state index in [0.29, 0.717) is 5.92 Å². The van der Waals surface area contributed by atoms with Gasteiger partial charge in [0.25, 0.3) is 5.91 Å². The average Bonchev–Trinajstić information content (AvgIpc) is 2.60. The van der Waals surface area contributed by atoms with Crippen LogP contribution in [0.15, 0.2) is 41.5 Å². The summed E-state index contributed by atoms with van der Waals surface area (Å²) < 4.78 is 10.9. The first-order chi connectivity index (χ1) is 12.4. The van der Waals surface area contributed by atoms with E-state index in [1.54, 1.807) is 13.3 Å². The second-order valence-corrected chi connectivity index (χ2v) is 6.51. The normalized spacial score (nSPS) is 11.0. The van der Waals surface area contributed by atoms with Crippen LogP contribution in [-0.2, 0) is 4.79 Å². The van der Waals surface area contributed by atoms with Crippen LogP contribution in [0.25, 0.3) is 0 Å². The molecule has 1 amide bonds. The Hall–Kier alpha value is -2.82. The van der Waals surface area contributed by atoms with E-state index < -0.39 is 0 Å². The van der Waals surface area contributed by atoms with Crippen molar-refractivity contribution in [3.8, 4) is 11.5 Å². The van der Waals surface area contributed by atoms with E-state index in [4.69, 9.17) is 9.47 Å². The summed E-state index contributed by atoms with van der Waals surface area (Å²) in [7, 11) is 1.63. The van der Waals surface area contributed by atoms with Crippen LogP contribution in [0.1, 0.15) is 42.0 Å². The van der Waals surface area contributed by atoms with Gasteiger partial charge in [-0.2, -0.15) is 5.10 Å². The number of rotatable bonds is 7.